The molecule has 0 aliphatic carbocycles. The molecule has 22 heavy (non-hydrogen) atoms. The summed E-state index contributed by atoms with van der Waals surface area (Å²) in [7, 11) is 0. The first-order valence-electron chi connectivity index (χ1n) is 6.68. The Morgan fingerprint density at radius 2 is 2.14 bits per heavy atom. The van der Waals surface area contributed by atoms with Gasteiger partial charge in [0.1, 0.15) is 6.54 Å². The van der Waals surface area contributed by atoms with Crippen LogP contribution < -0.4 is 5.32 Å². The summed E-state index contributed by atoms with van der Waals surface area (Å²) in [6.45, 7) is 2.96. The lowest BCUT2D eigenvalue weighted by Gasteiger charge is -2.05. The third-order valence-electron chi connectivity index (χ3n) is 2.94. The second kappa shape index (κ2) is 7.08. The average molecular weight is 326 g/mol. The zero-order valence-corrected chi connectivity index (χ0v) is 12.7. The monoisotopic (exact) mass is 325 g/mol. The number of amides is 1. The van der Waals surface area contributed by atoms with E-state index in [1.165, 1.54) is 16.9 Å². The lowest BCUT2D eigenvalue weighted by Crippen LogP contribution is -2.29. The van der Waals surface area contributed by atoms with Crippen molar-refractivity contribution in [2.75, 3.05) is 6.54 Å². The molecule has 0 saturated heterocycles. The quantitative estimate of drug-likeness (QED) is 0.738. The van der Waals surface area contributed by atoms with Crippen molar-refractivity contribution in [3.05, 3.63) is 34.9 Å². The summed E-state index contributed by atoms with van der Waals surface area (Å²) in [6, 6.07) is 1.35. The predicted octanol–water partition coefficient (Wildman–Crippen LogP) is 0.946. The minimum absolute atomic E-state index is 0.0139. The van der Waals surface area contributed by atoms with E-state index in [0.717, 1.165) is 5.69 Å². The van der Waals surface area contributed by atoms with Crippen molar-refractivity contribution in [3.63, 3.8) is 0 Å². The number of hydrogen-bond donors (Lipinski definition) is 2. The number of rotatable bonds is 7. The highest BCUT2D eigenvalue weighted by Crippen LogP contribution is 2.11. The van der Waals surface area contributed by atoms with E-state index < -0.39 is 5.97 Å². The van der Waals surface area contributed by atoms with Crippen molar-refractivity contribution in [2.45, 2.75) is 26.4 Å². The molecule has 0 saturated carbocycles. The van der Waals surface area contributed by atoms with E-state index in [-0.39, 0.29) is 18.1 Å². The Balaban J connectivity index is 1.70. The molecular formula is C13H16ClN5O3. The summed E-state index contributed by atoms with van der Waals surface area (Å²) >= 11 is 5.90. The summed E-state index contributed by atoms with van der Waals surface area (Å²) in [4.78, 5) is 22.4. The summed E-state index contributed by atoms with van der Waals surface area (Å²) < 4.78 is 3.02. The van der Waals surface area contributed by atoms with Crippen LogP contribution in [-0.2, 0) is 17.9 Å². The molecular weight excluding hydrogens is 310 g/mol. The number of carbonyl (C=O) groups excluding carboxylic acids is 1. The lowest BCUT2D eigenvalue weighted by atomic mass is 10.4. The SMILES string of the molecule is Cc1nn(CCCNC(=O)Cn2ccc(C(=O)O)n2)cc1Cl. The Morgan fingerprint density at radius 1 is 1.36 bits per heavy atom. The van der Waals surface area contributed by atoms with E-state index in [1.807, 2.05) is 6.92 Å². The van der Waals surface area contributed by atoms with Gasteiger partial charge in [-0.3, -0.25) is 14.2 Å². The van der Waals surface area contributed by atoms with Crippen LogP contribution in [-0.4, -0.2) is 43.1 Å². The highest BCUT2D eigenvalue weighted by Gasteiger charge is 2.09. The number of nitrogens with zero attached hydrogens (tertiary/aromatic N) is 4. The number of carboxylic acids is 1. The molecule has 0 aromatic carbocycles. The van der Waals surface area contributed by atoms with E-state index in [1.54, 1.807) is 10.9 Å². The van der Waals surface area contributed by atoms with E-state index >= 15 is 0 Å². The van der Waals surface area contributed by atoms with Crippen molar-refractivity contribution >= 4 is 23.5 Å². The highest BCUT2D eigenvalue weighted by molar-refractivity contribution is 6.31. The first-order chi connectivity index (χ1) is 10.5. The first-order valence-corrected chi connectivity index (χ1v) is 7.06. The van der Waals surface area contributed by atoms with Gasteiger partial charge in [-0.1, -0.05) is 11.6 Å². The predicted molar refractivity (Wildman–Crippen MR) is 78.8 cm³/mol. The van der Waals surface area contributed by atoms with Crippen LogP contribution in [0.2, 0.25) is 5.02 Å². The molecule has 0 bridgehead atoms. The average Bonchev–Trinajstić information content (AvgIpc) is 3.03. The zero-order valence-electron chi connectivity index (χ0n) is 12.0. The molecule has 8 nitrogen and oxygen atoms in total. The molecule has 0 aliphatic heterocycles. The van der Waals surface area contributed by atoms with Crippen molar-refractivity contribution in [1.29, 1.82) is 0 Å². The van der Waals surface area contributed by atoms with Crippen LogP contribution in [0.3, 0.4) is 0 Å². The standard InChI is InChI=1S/C13H16ClN5O3/c1-9-10(14)7-18(16-9)5-2-4-15-12(20)8-19-6-3-11(17-19)13(21)22/h3,6-7H,2,4-5,8H2,1H3,(H,15,20)(H,21,22). The number of carbonyl (C=O) groups is 2. The molecule has 2 rings (SSSR count). The second-order valence-corrected chi connectivity index (χ2v) is 5.14. The second-order valence-electron chi connectivity index (χ2n) is 4.73. The normalized spacial score (nSPS) is 10.6. The molecule has 0 atom stereocenters. The van der Waals surface area contributed by atoms with Gasteiger partial charge in [-0.2, -0.15) is 10.2 Å². The molecule has 9 heteroatoms. The molecule has 0 unspecified atom stereocenters. The molecule has 2 aromatic heterocycles. The Kier molecular flexibility index (Phi) is 5.16. The van der Waals surface area contributed by atoms with Crippen molar-refractivity contribution in [2.24, 2.45) is 0 Å². The Bertz CT molecular complexity index is 660. The largest absolute Gasteiger partial charge is 0.476 e. The third kappa shape index (κ3) is 4.32. The van der Waals surface area contributed by atoms with Gasteiger partial charge in [-0.15, -0.1) is 0 Å². The van der Waals surface area contributed by atoms with E-state index in [0.29, 0.717) is 24.5 Å². The molecule has 0 radical (unpaired) electrons. The van der Waals surface area contributed by atoms with Gasteiger partial charge in [0.05, 0.1) is 10.7 Å². The van der Waals surface area contributed by atoms with Crippen LogP contribution in [0.4, 0.5) is 0 Å². The molecule has 2 N–H and O–H groups in total. The fourth-order valence-corrected chi connectivity index (χ4v) is 1.99. The van der Waals surface area contributed by atoms with Gasteiger partial charge < -0.3 is 10.4 Å². The van der Waals surface area contributed by atoms with E-state index in [4.69, 9.17) is 16.7 Å². The number of aromatic carboxylic acids is 1. The van der Waals surface area contributed by atoms with Gasteiger partial charge in [0.25, 0.3) is 0 Å². The smallest absolute Gasteiger partial charge is 0.356 e. The number of hydrogen-bond acceptors (Lipinski definition) is 4. The highest BCUT2D eigenvalue weighted by atomic mass is 35.5. The molecule has 0 aliphatic rings. The Labute approximate surface area is 131 Å². The van der Waals surface area contributed by atoms with Gasteiger partial charge >= 0.3 is 5.97 Å². The van der Waals surface area contributed by atoms with Gasteiger partial charge in [-0.05, 0) is 19.4 Å². The maximum atomic E-state index is 11.7. The van der Waals surface area contributed by atoms with Crippen LogP contribution in [0, 0.1) is 6.92 Å². The van der Waals surface area contributed by atoms with Crippen molar-refractivity contribution < 1.29 is 14.7 Å². The number of halogens is 1. The van der Waals surface area contributed by atoms with Gasteiger partial charge in [-0.25, -0.2) is 4.79 Å². The number of aromatic nitrogens is 4. The van der Waals surface area contributed by atoms with Crippen LogP contribution in [0.1, 0.15) is 22.6 Å². The summed E-state index contributed by atoms with van der Waals surface area (Å²) in [6.07, 6.45) is 3.91. The van der Waals surface area contributed by atoms with Gasteiger partial charge in [0, 0.05) is 25.5 Å². The van der Waals surface area contributed by atoms with Crippen LogP contribution in [0.25, 0.3) is 0 Å². The third-order valence-corrected chi connectivity index (χ3v) is 3.31. The minimum atomic E-state index is -1.12. The Hall–Kier alpha value is -2.35. The minimum Gasteiger partial charge on any atom is -0.476 e. The van der Waals surface area contributed by atoms with Crippen LogP contribution in [0.15, 0.2) is 18.5 Å². The molecule has 1 amide bonds. The van der Waals surface area contributed by atoms with E-state index in [2.05, 4.69) is 15.5 Å². The maximum absolute atomic E-state index is 11.7. The molecule has 118 valence electrons. The maximum Gasteiger partial charge on any atom is 0.356 e. The zero-order chi connectivity index (χ0) is 16.1. The van der Waals surface area contributed by atoms with Crippen LogP contribution >= 0.6 is 11.6 Å². The molecule has 2 heterocycles. The fourth-order valence-electron chi connectivity index (χ4n) is 1.84. The van der Waals surface area contributed by atoms with Gasteiger partial charge in [0.2, 0.25) is 5.91 Å². The van der Waals surface area contributed by atoms with Crippen molar-refractivity contribution in [1.82, 2.24) is 24.9 Å². The lowest BCUT2D eigenvalue weighted by molar-refractivity contribution is -0.121. The fraction of sp³-hybridized carbons (Fsp3) is 0.385. The van der Waals surface area contributed by atoms with Gasteiger partial charge in [0.15, 0.2) is 5.69 Å². The topological polar surface area (TPSA) is 102 Å². The summed E-state index contributed by atoms with van der Waals surface area (Å²) in [5, 5.41) is 20.1. The van der Waals surface area contributed by atoms with Crippen LogP contribution in [0.5, 0.6) is 0 Å². The summed E-state index contributed by atoms with van der Waals surface area (Å²) in [5.74, 6) is -1.35. The van der Waals surface area contributed by atoms with Crippen molar-refractivity contribution in [3.8, 4) is 0 Å². The van der Waals surface area contributed by atoms with E-state index in [9.17, 15) is 9.59 Å². The summed E-state index contributed by atoms with van der Waals surface area (Å²) in [5.41, 5.74) is 0.692. The number of nitrogens with one attached hydrogen (secondary N) is 1. The number of aryl methyl sites for hydroxylation is 2. The first kappa shape index (κ1) is 16.0. The molecule has 0 spiro atoms. The molecule has 2 aromatic rings. The number of carboxylic acid groups (broad SMARTS) is 1. The Morgan fingerprint density at radius 3 is 2.73 bits per heavy atom. The molecule has 0 fully saturated rings.